The number of carbonyl (C=O) groups excluding carboxylic acids is 2. The second kappa shape index (κ2) is 6.02. The average molecular weight is 349 g/mol. The third-order valence-electron chi connectivity index (χ3n) is 5.12. The van der Waals surface area contributed by atoms with Crippen molar-refractivity contribution in [1.82, 2.24) is 0 Å². The van der Waals surface area contributed by atoms with E-state index in [1.54, 1.807) is 18.1 Å². The van der Waals surface area contributed by atoms with Crippen LogP contribution in [0.5, 0.6) is 5.75 Å². The van der Waals surface area contributed by atoms with Crippen molar-refractivity contribution in [1.29, 1.82) is 0 Å². The van der Waals surface area contributed by atoms with Gasteiger partial charge in [0.1, 0.15) is 5.75 Å². The van der Waals surface area contributed by atoms with Crippen LogP contribution in [-0.4, -0.2) is 25.5 Å². The maximum atomic E-state index is 13.4. The molecule has 2 aliphatic heterocycles. The Morgan fingerprint density at radius 3 is 2.65 bits per heavy atom. The summed E-state index contributed by atoms with van der Waals surface area (Å²) in [7, 11) is 1.60. The third-order valence-corrected chi connectivity index (χ3v) is 5.12. The number of para-hydroxylation sites is 1. The highest BCUT2D eigenvalue weighted by molar-refractivity contribution is 6.10. The Balaban J connectivity index is 1.87. The Kier molecular flexibility index (Phi) is 3.80. The van der Waals surface area contributed by atoms with Gasteiger partial charge in [-0.2, -0.15) is 0 Å². The number of benzene rings is 2. The molecule has 2 heterocycles. The van der Waals surface area contributed by atoms with Gasteiger partial charge in [0.2, 0.25) is 5.60 Å². The number of hydrogen-bond donors (Lipinski definition) is 0. The Morgan fingerprint density at radius 1 is 1.23 bits per heavy atom. The maximum absolute atomic E-state index is 13.4. The zero-order valence-corrected chi connectivity index (χ0v) is 14.5. The first-order valence-electron chi connectivity index (χ1n) is 8.50. The maximum Gasteiger partial charge on any atom is 0.308 e. The molecule has 1 spiro atoms. The number of hydrogen-bond acceptors (Lipinski definition) is 4. The summed E-state index contributed by atoms with van der Waals surface area (Å²) in [5.74, 6) is -0.247. The van der Waals surface area contributed by atoms with E-state index in [0.717, 1.165) is 22.6 Å². The van der Waals surface area contributed by atoms with Gasteiger partial charge in [0.05, 0.1) is 19.2 Å². The van der Waals surface area contributed by atoms with Gasteiger partial charge in [0.15, 0.2) is 0 Å². The summed E-state index contributed by atoms with van der Waals surface area (Å²) in [6.07, 6.45) is 1.83. The van der Waals surface area contributed by atoms with Crippen molar-refractivity contribution in [2.45, 2.75) is 17.9 Å². The fraction of sp³-hybridized carbons (Fsp3) is 0.238. The molecule has 1 saturated heterocycles. The first-order chi connectivity index (χ1) is 12.6. The highest BCUT2D eigenvalue weighted by atomic mass is 16.6. The van der Waals surface area contributed by atoms with Crippen molar-refractivity contribution < 1.29 is 19.1 Å². The molecule has 0 N–H and O–H groups in total. The van der Waals surface area contributed by atoms with Crippen molar-refractivity contribution in [3.63, 3.8) is 0 Å². The largest absolute Gasteiger partial charge is 0.497 e. The number of rotatable bonds is 4. The molecule has 132 valence electrons. The molecular weight excluding hydrogens is 330 g/mol. The van der Waals surface area contributed by atoms with Crippen molar-refractivity contribution in [2.75, 3.05) is 18.6 Å². The Labute approximate surface area is 151 Å². The van der Waals surface area contributed by atoms with Crippen LogP contribution in [0.2, 0.25) is 0 Å². The van der Waals surface area contributed by atoms with E-state index >= 15 is 0 Å². The Bertz CT molecular complexity index is 889. The van der Waals surface area contributed by atoms with Gasteiger partial charge in [-0.1, -0.05) is 36.4 Å². The molecule has 0 unspecified atom stereocenters. The number of fused-ring (bicyclic) bond motifs is 2. The zero-order valence-electron chi connectivity index (χ0n) is 14.5. The van der Waals surface area contributed by atoms with E-state index in [1.165, 1.54) is 0 Å². The van der Waals surface area contributed by atoms with Crippen LogP contribution in [0.4, 0.5) is 5.69 Å². The summed E-state index contributed by atoms with van der Waals surface area (Å²) >= 11 is 0. The molecule has 2 aliphatic rings. The lowest BCUT2D eigenvalue weighted by Gasteiger charge is -2.28. The van der Waals surface area contributed by atoms with E-state index in [2.05, 4.69) is 6.58 Å². The summed E-state index contributed by atoms with van der Waals surface area (Å²) in [6.45, 7) is 4.11. The highest BCUT2D eigenvalue weighted by Gasteiger charge is 2.62. The third kappa shape index (κ3) is 2.17. The summed E-state index contributed by atoms with van der Waals surface area (Å²) in [4.78, 5) is 27.3. The molecule has 0 aliphatic carbocycles. The van der Waals surface area contributed by atoms with Crippen LogP contribution >= 0.6 is 0 Å². The molecule has 0 bridgehead atoms. The lowest BCUT2D eigenvalue weighted by atomic mass is 9.78. The minimum atomic E-state index is -1.31. The lowest BCUT2D eigenvalue weighted by Crippen LogP contribution is -2.43. The van der Waals surface area contributed by atoms with Crippen molar-refractivity contribution in [3.05, 3.63) is 72.3 Å². The van der Waals surface area contributed by atoms with E-state index < -0.39 is 5.60 Å². The van der Waals surface area contributed by atoms with Crippen molar-refractivity contribution in [3.8, 4) is 5.75 Å². The number of nitrogens with zero attached hydrogens (tertiary/aromatic N) is 1. The molecule has 1 fully saturated rings. The molecule has 0 aromatic heterocycles. The molecule has 5 nitrogen and oxygen atoms in total. The molecule has 0 saturated carbocycles. The quantitative estimate of drug-likeness (QED) is 0.628. The molecule has 2 atom stereocenters. The van der Waals surface area contributed by atoms with Gasteiger partial charge in [-0.15, -0.1) is 6.58 Å². The van der Waals surface area contributed by atoms with E-state index in [1.807, 2.05) is 48.5 Å². The van der Waals surface area contributed by atoms with Gasteiger partial charge < -0.3 is 14.4 Å². The van der Waals surface area contributed by atoms with E-state index in [9.17, 15) is 9.59 Å². The van der Waals surface area contributed by atoms with Gasteiger partial charge in [-0.05, 0) is 23.8 Å². The summed E-state index contributed by atoms with van der Waals surface area (Å²) in [6, 6.07) is 14.9. The molecular formula is C21H19NO4. The van der Waals surface area contributed by atoms with Crippen LogP contribution in [0.25, 0.3) is 0 Å². The average Bonchev–Trinajstić information content (AvgIpc) is 3.14. The number of ether oxygens (including phenoxy) is 2. The van der Waals surface area contributed by atoms with Crippen LogP contribution in [0, 0.1) is 0 Å². The minimum absolute atomic E-state index is 0.161. The smallest absolute Gasteiger partial charge is 0.308 e. The predicted octanol–water partition coefficient (Wildman–Crippen LogP) is 3.15. The normalized spacial score (nSPS) is 23.9. The first kappa shape index (κ1) is 16.4. The zero-order chi connectivity index (χ0) is 18.3. The molecule has 4 rings (SSSR count). The van der Waals surface area contributed by atoms with E-state index in [-0.39, 0.29) is 24.2 Å². The number of methoxy groups -OCH3 is 1. The summed E-state index contributed by atoms with van der Waals surface area (Å²) in [5, 5.41) is 0. The molecule has 2 aromatic carbocycles. The van der Waals surface area contributed by atoms with Gasteiger partial charge in [0, 0.05) is 18.0 Å². The second-order valence-electron chi connectivity index (χ2n) is 6.46. The topological polar surface area (TPSA) is 55.8 Å². The van der Waals surface area contributed by atoms with Crippen LogP contribution < -0.4 is 9.64 Å². The van der Waals surface area contributed by atoms with Crippen LogP contribution in [-0.2, 0) is 19.9 Å². The highest BCUT2D eigenvalue weighted by Crippen LogP contribution is 2.55. The monoisotopic (exact) mass is 349 g/mol. The molecule has 26 heavy (non-hydrogen) atoms. The number of carbonyl (C=O) groups is 2. The number of anilines is 1. The number of amides is 1. The van der Waals surface area contributed by atoms with Gasteiger partial charge in [0.25, 0.3) is 5.91 Å². The van der Waals surface area contributed by atoms with Crippen LogP contribution in [0.3, 0.4) is 0 Å². The van der Waals surface area contributed by atoms with Crippen molar-refractivity contribution in [2.24, 2.45) is 0 Å². The SMILES string of the molecule is C=CCN1C(=O)[C@@]2(OC(=O)C[C@@H]2c2ccc(OC)cc2)c2ccccc21. The molecule has 2 aromatic rings. The Hall–Kier alpha value is -3.08. The number of esters is 1. The predicted molar refractivity (Wildman–Crippen MR) is 97.1 cm³/mol. The fourth-order valence-corrected chi connectivity index (χ4v) is 3.99. The van der Waals surface area contributed by atoms with E-state index in [0.29, 0.717) is 6.54 Å². The van der Waals surface area contributed by atoms with Crippen molar-refractivity contribution >= 4 is 17.6 Å². The van der Waals surface area contributed by atoms with Crippen LogP contribution in [0.15, 0.2) is 61.2 Å². The minimum Gasteiger partial charge on any atom is -0.497 e. The van der Waals surface area contributed by atoms with Gasteiger partial charge >= 0.3 is 5.97 Å². The fourth-order valence-electron chi connectivity index (χ4n) is 3.99. The van der Waals surface area contributed by atoms with Crippen LogP contribution in [0.1, 0.15) is 23.5 Å². The van der Waals surface area contributed by atoms with E-state index in [4.69, 9.17) is 9.47 Å². The first-order valence-corrected chi connectivity index (χ1v) is 8.50. The Morgan fingerprint density at radius 2 is 1.96 bits per heavy atom. The molecule has 1 amide bonds. The lowest BCUT2D eigenvalue weighted by molar-refractivity contribution is -0.157. The standard InChI is InChI=1S/C21H19NO4/c1-3-12-22-18-7-5-4-6-16(18)21(20(22)24)17(13-19(23)26-21)14-8-10-15(25-2)11-9-14/h3-11,17H,1,12-13H2,2H3/t17-,21-/m1/s1. The second-order valence-corrected chi connectivity index (χ2v) is 6.46. The summed E-state index contributed by atoms with van der Waals surface area (Å²) in [5.41, 5.74) is 1.06. The van der Waals surface area contributed by atoms with Gasteiger partial charge in [-0.25, -0.2) is 0 Å². The van der Waals surface area contributed by atoms with Gasteiger partial charge in [-0.3, -0.25) is 9.59 Å². The molecule has 5 heteroatoms. The molecule has 0 radical (unpaired) electrons. The summed E-state index contributed by atoms with van der Waals surface area (Å²) < 4.78 is 11.0.